The number of ether oxygens (including phenoxy) is 2. The Labute approximate surface area is 151 Å². The van der Waals surface area contributed by atoms with E-state index in [2.05, 4.69) is 5.32 Å². The number of hydrogen-bond acceptors (Lipinski definition) is 4. The molecule has 1 amide bonds. The summed E-state index contributed by atoms with van der Waals surface area (Å²) in [6.45, 7) is 0.252. The smallest absolute Gasteiger partial charge is 0.264 e. The number of carbonyl (C=O) groups excluding carboxylic acids is 1. The van der Waals surface area contributed by atoms with Crippen LogP contribution in [0.3, 0.4) is 0 Å². The van der Waals surface area contributed by atoms with Crippen LogP contribution < -0.4 is 14.8 Å². The Hall–Kier alpha value is -2.99. The zero-order valence-electron chi connectivity index (χ0n) is 14.4. The first-order chi connectivity index (χ1) is 12.6. The topological polar surface area (TPSA) is 72.7 Å². The van der Waals surface area contributed by atoms with E-state index in [1.807, 2.05) is 54.2 Å². The lowest BCUT2D eigenvalue weighted by molar-refractivity contribution is -0.130. The molecule has 6 heteroatoms. The first-order valence-corrected chi connectivity index (χ1v) is 8.51. The molecule has 0 bridgehead atoms. The molecule has 2 aromatic carbocycles. The van der Waals surface area contributed by atoms with Crippen LogP contribution in [0.15, 0.2) is 54.7 Å². The van der Waals surface area contributed by atoms with Crippen LogP contribution in [0, 0.1) is 0 Å². The first kappa shape index (κ1) is 16.5. The van der Waals surface area contributed by atoms with Crippen LogP contribution in [0.1, 0.15) is 11.7 Å². The van der Waals surface area contributed by atoms with Crippen molar-refractivity contribution in [3.8, 4) is 11.5 Å². The van der Waals surface area contributed by atoms with Gasteiger partial charge >= 0.3 is 0 Å². The zero-order valence-corrected chi connectivity index (χ0v) is 14.4. The summed E-state index contributed by atoms with van der Waals surface area (Å²) in [5, 5.41) is 14.3. The van der Waals surface area contributed by atoms with Gasteiger partial charge in [0.1, 0.15) is 6.61 Å². The molecule has 134 valence electrons. The minimum atomic E-state index is -0.804. The molecule has 4 rings (SSSR count). The Kier molecular flexibility index (Phi) is 4.26. The van der Waals surface area contributed by atoms with Crippen molar-refractivity contribution >= 4 is 16.8 Å². The standard InChI is InChI=1S/C20H20N2O4/c1-22-11-14(13-6-2-3-7-15(13)22)16(23)10-21-20(24)19-12-25-17-8-4-5-9-18(17)26-19/h2-9,11,16,19,23H,10,12H2,1H3,(H,21,24). The third kappa shape index (κ3) is 2.99. The van der Waals surface area contributed by atoms with Gasteiger partial charge in [0.2, 0.25) is 6.10 Å². The van der Waals surface area contributed by atoms with E-state index in [9.17, 15) is 9.90 Å². The van der Waals surface area contributed by atoms with Crippen molar-refractivity contribution in [2.24, 2.45) is 7.05 Å². The molecule has 2 atom stereocenters. The van der Waals surface area contributed by atoms with Crippen molar-refractivity contribution in [2.75, 3.05) is 13.2 Å². The molecule has 1 aromatic heterocycles. The molecule has 0 saturated carbocycles. The van der Waals surface area contributed by atoms with Crippen LogP contribution in [-0.2, 0) is 11.8 Å². The molecule has 0 aliphatic carbocycles. The van der Waals surface area contributed by atoms with Crippen LogP contribution in [0.5, 0.6) is 11.5 Å². The summed E-state index contributed by atoms with van der Waals surface area (Å²) in [5.41, 5.74) is 1.82. The predicted octanol–water partition coefficient (Wildman–Crippen LogP) is 2.17. The molecule has 0 fully saturated rings. The minimum absolute atomic E-state index is 0.106. The lowest BCUT2D eigenvalue weighted by Crippen LogP contribution is -2.45. The number of rotatable bonds is 4. The third-order valence-corrected chi connectivity index (χ3v) is 4.56. The predicted molar refractivity (Wildman–Crippen MR) is 97.2 cm³/mol. The van der Waals surface area contributed by atoms with Gasteiger partial charge in [0.15, 0.2) is 11.5 Å². The van der Waals surface area contributed by atoms with Crippen LogP contribution in [0.4, 0.5) is 0 Å². The van der Waals surface area contributed by atoms with Gasteiger partial charge in [-0.3, -0.25) is 4.79 Å². The van der Waals surface area contributed by atoms with Gasteiger partial charge in [-0.1, -0.05) is 30.3 Å². The lowest BCUT2D eigenvalue weighted by atomic mass is 10.1. The number of aliphatic hydroxyl groups is 1. The molecule has 0 radical (unpaired) electrons. The maximum atomic E-state index is 12.4. The fourth-order valence-corrected chi connectivity index (χ4v) is 3.21. The van der Waals surface area contributed by atoms with Crippen molar-refractivity contribution in [1.29, 1.82) is 0 Å². The van der Waals surface area contributed by atoms with E-state index in [1.54, 1.807) is 12.1 Å². The number of carbonyl (C=O) groups is 1. The fraction of sp³-hybridized carbons (Fsp3) is 0.250. The van der Waals surface area contributed by atoms with Gasteiger partial charge in [0.25, 0.3) is 5.91 Å². The van der Waals surface area contributed by atoms with Crippen molar-refractivity contribution in [2.45, 2.75) is 12.2 Å². The number of hydrogen-bond donors (Lipinski definition) is 2. The maximum absolute atomic E-state index is 12.4. The number of amides is 1. The second-order valence-electron chi connectivity index (χ2n) is 6.34. The van der Waals surface area contributed by atoms with Gasteiger partial charge in [-0.2, -0.15) is 0 Å². The Morgan fingerprint density at radius 1 is 1.23 bits per heavy atom. The highest BCUT2D eigenvalue weighted by atomic mass is 16.6. The molecule has 2 heterocycles. The van der Waals surface area contributed by atoms with Crippen molar-refractivity contribution in [3.63, 3.8) is 0 Å². The minimum Gasteiger partial charge on any atom is -0.485 e. The molecule has 1 aliphatic rings. The highest BCUT2D eigenvalue weighted by molar-refractivity contribution is 5.85. The lowest BCUT2D eigenvalue weighted by Gasteiger charge is -2.25. The highest BCUT2D eigenvalue weighted by Gasteiger charge is 2.27. The van der Waals surface area contributed by atoms with Gasteiger partial charge < -0.3 is 24.5 Å². The number of nitrogens with one attached hydrogen (secondary N) is 1. The largest absolute Gasteiger partial charge is 0.485 e. The summed E-state index contributed by atoms with van der Waals surface area (Å²) in [6.07, 6.45) is 0.351. The van der Waals surface area contributed by atoms with E-state index in [-0.39, 0.29) is 19.1 Å². The fourth-order valence-electron chi connectivity index (χ4n) is 3.21. The number of benzene rings is 2. The van der Waals surface area contributed by atoms with E-state index >= 15 is 0 Å². The van der Waals surface area contributed by atoms with E-state index in [0.29, 0.717) is 11.5 Å². The van der Waals surface area contributed by atoms with E-state index in [1.165, 1.54) is 0 Å². The average Bonchev–Trinajstić information content (AvgIpc) is 3.02. The van der Waals surface area contributed by atoms with Crippen LogP contribution >= 0.6 is 0 Å². The summed E-state index contributed by atoms with van der Waals surface area (Å²) in [7, 11) is 1.93. The number of aryl methyl sites for hydroxylation is 1. The number of aliphatic hydroxyl groups excluding tert-OH is 1. The highest BCUT2D eigenvalue weighted by Crippen LogP contribution is 2.31. The average molecular weight is 352 g/mol. The number of fused-ring (bicyclic) bond motifs is 2. The van der Waals surface area contributed by atoms with Gasteiger partial charge in [0.05, 0.1) is 6.10 Å². The number of para-hydroxylation sites is 3. The zero-order chi connectivity index (χ0) is 18.1. The molecule has 0 saturated heterocycles. The summed E-state index contributed by atoms with van der Waals surface area (Å²) in [4.78, 5) is 12.4. The molecule has 2 unspecified atom stereocenters. The Bertz CT molecular complexity index is 950. The summed E-state index contributed by atoms with van der Waals surface area (Å²) >= 11 is 0. The summed E-state index contributed by atoms with van der Waals surface area (Å²) < 4.78 is 13.2. The molecule has 3 aromatic rings. The van der Waals surface area contributed by atoms with Crippen molar-refractivity contribution in [3.05, 3.63) is 60.3 Å². The molecular weight excluding hydrogens is 332 g/mol. The quantitative estimate of drug-likeness (QED) is 0.755. The van der Waals surface area contributed by atoms with E-state index in [4.69, 9.17) is 9.47 Å². The monoisotopic (exact) mass is 352 g/mol. The Morgan fingerprint density at radius 3 is 2.81 bits per heavy atom. The molecular formula is C20H20N2O4. The van der Waals surface area contributed by atoms with Crippen LogP contribution in [-0.4, -0.2) is 34.8 Å². The second-order valence-corrected chi connectivity index (χ2v) is 6.34. The first-order valence-electron chi connectivity index (χ1n) is 8.51. The third-order valence-electron chi connectivity index (χ3n) is 4.56. The summed E-state index contributed by atoms with van der Waals surface area (Å²) in [6, 6.07) is 15.1. The Balaban J connectivity index is 1.41. The van der Waals surface area contributed by atoms with Crippen molar-refractivity contribution in [1.82, 2.24) is 9.88 Å². The number of aromatic nitrogens is 1. The molecule has 26 heavy (non-hydrogen) atoms. The molecule has 2 N–H and O–H groups in total. The van der Waals surface area contributed by atoms with Crippen LogP contribution in [0.25, 0.3) is 10.9 Å². The summed E-state index contributed by atoms with van der Waals surface area (Å²) in [5.74, 6) is 0.875. The van der Waals surface area contributed by atoms with E-state index in [0.717, 1.165) is 16.5 Å². The van der Waals surface area contributed by atoms with Gasteiger partial charge in [-0.05, 0) is 18.2 Å². The maximum Gasteiger partial charge on any atom is 0.264 e. The second kappa shape index (κ2) is 6.72. The van der Waals surface area contributed by atoms with Crippen LogP contribution in [0.2, 0.25) is 0 Å². The van der Waals surface area contributed by atoms with Crippen molar-refractivity contribution < 1.29 is 19.4 Å². The van der Waals surface area contributed by atoms with Gasteiger partial charge in [-0.25, -0.2) is 0 Å². The molecule has 1 aliphatic heterocycles. The SMILES string of the molecule is Cn1cc(C(O)CNC(=O)C2COc3ccccc3O2)c2ccccc21. The normalized spacial score (nSPS) is 17.1. The molecule has 0 spiro atoms. The van der Waals surface area contributed by atoms with Gasteiger partial charge in [-0.15, -0.1) is 0 Å². The number of nitrogens with zero attached hydrogens (tertiary/aromatic N) is 1. The van der Waals surface area contributed by atoms with Gasteiger partial charge in [0, 0.05) is 36.3 Å². The Morgan fingerprint density at radius 2 is 1.96 bits per heavy atom. The van der Waals surface area contributed by atoms with E-state index < -0.39 is 12.2 Å². The molecule has 6 nitrogen and oxygen atoms in total.